The Morgan fingerprint density at radius 1 is 1.45 bits per heavy atom. The normalized spacial score (nSPS) is 11.4. The van der Waals surface area contributed by atoms with E-state index in [1.165, 1.54) is 0 Å². The number of hydrogen-bond acceptors (Lipinski definition) is 3. The quantitative estimate of drug-likeness (QED) is 0.750. The molecule has 0 radical (unpaired) electrons. The van der Waals surface area contributed by atoms with Gasteiger partial charge in [-0.25, -0.2) is 4.79 Å². The average Bonchev–Trinajstić information content (AvgIpc) is 2.49. The second kappa shape index (κ2) is 8.92. The van der Waals surface area contributed by atoms with Crippen LogP contribution in [0.2, 0.25) is 0 Å². The van der Waals surface area contributed by atoms with E-state index in [9.17, 15) is 4.79 Å². The van der Waals surface area contributed by atoms with Crippen molar-refractivity contribution in [3.8, 4) is 6.07 Å². The molecule has 20 heavy (non-hydrogen) atoms. The van der Waals surface area contributed by atoms with Crippen LogP contribution < -0.4 is 10.6 Å². The number of carbonyl (C=O) groups excluding carboxylic acids is 1. The molecular weight excluding hydrogens is 252 g/mol. The van der Waals surface area contributed by atoms with E-state index < -0.39 is 0 Å². The first kappa shape index (κ1) is 16.0. The maximum Gasteiger partial charge on any atom is 0.315 e. The molecule has 0 saturated carbocycles. The van der Waals surface area contributed by atoms with E-state index >= 15 is 0 Å². The van der Waals surface area contributed by atoms with Crippen LogP contribution in [-0.2, 0) is 0 Å². The molecule has 0 aliphatic carbocycles. The van der Waals surface area contributed by atoms with Crippen LogP contribution in [0.15, 0.2) is 18.3 Å². The van der Waals surface area contributed by atoms with Crippen LogP contribution in [-0.4, -0.2) is 17.6 Å². The van der Waals surface area contributed by atoms with E-state index in [-0.39, 0.29) is 12.1 Å². The molecule has 0 saturated heterocycles. The number of nitriles is 1. The van der Waals surface area contributed by atoms with Gasteiger partial charge in [0.2, 0.25) is 0 Å². The Labute approximate surface area is 120 Å². The summed E-state index contributed by atoms with van der Waals surface area (Å²) in [5, 5.41) is 14.8. The molecule has 1 aromatic heterocycles. The standard InChI is InChI=1S/C15H22N4O/c1-3-5-6-9-18-15(20)19-13(4-2)14-12(11-16)8-7-10-17-14/h7-8,10,13H,3-6,9H2,1-2H3,(H2,18,19,20). The lowest BCUT2D eigenvalue weighted by molar-refractivity contribution is 0.236. The predicted octanol–water partition coefficient (Wildman–Crippen LogP) is 2.89. The van der Waals surface area contributed by atoms with Gasteiger partial charge in [0.15, 0.2) is 0 Å². The molecule has 0 spiro atoms. The molecule has 5 heteroatoms. The number of rotatable bonds is 7. The van der Waals surface area contributed by atoms with E-state index in [0.717, 1.165) is 19.3 Å². The zero-order chi connectivity index (χ0) is 14.8. The van der Waals surface area contributed by atoms with Crippen LogP contribution in [0.5, 0.6) is 0 Å². The van der Waals surface area contributed by atoms with Crippen molar-refractivity contribution in [3.05, 3.63) is 29.6 Å². The van der Waals surface area contributed by atoms with Crippen LogP contribution in [0, 0.1) is 11.3 Å². The molecule has 0 bridgehead atoms. The second-order valence-electron chi connectivity index (χ2n) is 4.62. The minimum Gasteiger partial charge on any atom is -0.338 e. The summed E-state index contributed by atoms with van der Waals surface area (Å²) in [6.45, 7) is 4.75. The van der Waals surface area contributed by atoms with Gasteiger partial charge in [-0.15, -0.1) is 0 Å². The van der Waals surface area contributed by atoms with Gasteiger partial charge < -0.3 is 10.6 Å². The molecule has 2 N–H and O–H groups in total. The number of urea groups is 1. The first-order chi connectivity index (χ1) is 9.72. The number of aromatic nitrogens is 1. The molecule has 2 amide bonds. The molecular formula is C15H22N4O. The summed E-state index contributed by atoms with van der Waals surface area (Å²) < 4.78 is 0. The lowest BCUT2D eigenvalue weighted by Gasteiger charge is -2.17. The highest BCUT2D eigenvalue weighted by Gasteiger charge is 2.16. The van der Waals surface area contributed by atoms with Gasteiger partial charge in [0.25, 0.3) is 0 Å². The predicted molar refractivity (Wildman–Crippen MR) is 78.0 cm³/mol. The molecule has 1 aromatic rings. The summed E-state index contributed by atoms with van der Waals surface area (Å²) in [5.41, 5.74) is 1.13. The Balaban J connectivity index is 2.59. The monoisotopic (exact) mass is 274 g/mol. The van der Waals surface area contributed by atoms with Gasteiger partial charge in [-0.2, -0.15) is 5.26 Å². The summed E-state index contributed by atoms with van der Waals surface area (Å²) in [6.07, 6.45) is 5.54. The van der Waals surface area contributed by atoms with E-state index in [2.05, 4.69) is 28.6 Å². The fourth-order valence-corrected chi connectivity index (χ4v) is 1.94. The molecule has 1 rings (SSSR count). The highest BCUT2D eigenvalue weighted by atomic mass is 16.2. The fourth-order valence-electron chi connectivity index (χ4n) is 1.94. The Kier molecular flexibility index (Phi) is 7.12. The average molecular weight is 274 g/mol. The van der Waals surface area contributed by atoms with Gasteiger partial charge >= 0.3 is 6.03 Å². The number of amides is 2. The Morgan fingerprint density at radius 3 is 2.90 bits per heavy atom. The largest absolute Gasteiger partial charge is 0.338 e. The first-order valence-corrected chi connectivity index (χ1v) is 7.12. The maximum atomic E-state index is 11.8. The van der Waals surface area contributed by atoms with Crippen LogP contribution in [0.3, 0.4) is 0 Å². The molecule has 0 aromatic carbocycles. The van der Waals surface area contributed by atoms with E-state index in [4.69, 9.17) is 5.26 Å². The lowest BCUT2D eigenvalue weighted by atomic mass is 10.1. The summed E-state index contributed by atoms with van der Waals surface area (Å²) in [5.74, 6) is 0. The zero-order valence-corrected chi connectivity index (χ0v) is 12.1. The zero-order valence-electron chi connectivity index (χ0n) is 12.1. The summed E-state index contributed by atoms with van der Waals surface area (Å²) in [7, 11) is 0. The van der Waals surface area contributed by atoms with Gasteiger partial charge in [-0.05, 0) is 25.0 Å². The Morgan fingerprint density at radius 2 is 2.25 bits per heavy atom. The minimum absolute atomic E-state index is 0.206. The van der Waals surface area contributed by atoms with Crippen molar-refractivity contribution in [1.29, 1.82) is 5.26 Å². The van der Waals surface area contributed by atoms with E-state index in [1.54, 1.807) is 18.3 Å². The van der Waals surface area contributed by atoms with Gasteiger partial charge in [0.05, 0.1) is 17.3 Å². The molecule has 1 unspecified atom stereocenters. The molecule has 1 heterocycles. The number of unbranched alkanes of at least 4 members (excludes halogenated alkanes) is 2. The van der Waals surface area contributed by atoms with Crippen molar-refractivity contribution in [2.24, 2.45) is 0 Å². The van der Waals surface area contributed by atoms with Crippen LogP contribution in [0.25, 0.3) is 0 Å². The summed E-state index contributed by atoms with van der Waals surface area (Å²) in [4.78, 5) is 16.0. The van der Waals surface area contributed by atoms with Crippen LogP contribution in [0.4, 0.5) is 4.79 Å². The highest BCUT2D eigenvalue weighted by molar-refractivity contribution is 5.74. The number of hydrogen-bond donors (Lipinski definition) is 2. The smallest absolute Gasteiger partial charge is 0.315 e. The van der Waals surface area contributed by atoms with Crippen molar-refractivity contribution in [1.82, 2.24) is 15.6 Å². The maximum absolute atomic E-state index is 11.8. The van der Waals surface area contributed by atoms with Crippen molar-refractivity contribution < 1.29 is 4.79 Å². The number of carbonyl (C=O) groups is 1. The van der Waals surface area contributed by atoms with Crippen molar-refractivity contribution in [3.63, 3.8) is 0 Å². The molecule has 0 aliphatic heterocycles. The van der Waals surface area contributed by atoms with Gasteiger partial charge in [0, 0.05) is 12.7 Å². The van der Waals surface area contributed by atoms with Crippen molar-refractivity contribution >= 4 is 6.03 Å². The lowest BCUT2D eigenvalue weighted by Crippen LogP contribution is -2.38. The number of pyridine rings is 1. The molecule has 0 fully saturated rings. The third kappa shape index (κ3) is 4.88. The number of nitrogens with zero attached hydrogens (tertiary/aromatic N) is 2. The van der Waals surface area contributed by atoms with E-state index in [1.807, 2.05) is 6.92 Å². The molecule has 108 valence electrons. The van der Waals surface area contributed by atoms with E-state index in [0.29, 0.717) is 24.2 Å². The third-order valence-electron chi connectivity index (χ3n) is 3.07. The number of nitrogens with one attached hydrogen (secondary N) is 2. The summed E-state index contributed by atoms with van der Waals surface area (Å²) >= 11 is 0. The van der Waals surface area contributed by atoms with Gasteiger partial charge in [0.1, 0.15) is 6.07 Å². The van der Waals surface area contributed by atoms with Crippen LogP contribution >= 0.6 is 0 Å². The van der Waals surface area contributed by atoms with Crippen molar-refractivity contribution in [2.45, 2.75) is 45.6 Å². The first-order valence-electron chi connectivity index (χ1n) is 7.12. The minimum atomic E-state index is -0.239. The SMILES string of the molecule is CCCCCNC(=O)NC(CC)c1ncccc1C#N. The van der Waals surface area contributed by atoms with Gasteiger partial charge in [-0.1, -0.05) is 26.7 Å². The Bertz CT molecular complexity index is 467. The van der Waals surface area contributed by atoms with Crippen molar-refractivity contribution in [2.75, 3.05) is 6.54 Å². The highest BCUT2D eigenvalue weighted by Crippen LogP contribution is 2.17. The van der Waals surface area contributed by atoms with Gasteiger partial charge in [-0.3, -0.25) is 4.98 Å². The topological polar surface area (TPSA) is 77.8 Å². The molecule has 1 atom stereocenters. The second-order valence-corrected chi connectivity index (χ2v) is 4.62. The third-order valence-corrected chi connectivity index (χ3v) is 3.07. The van der Waals surface area contributed by atoms with Crippen LogP contribution in [0.1, 0.15) is 56.8 Å². The molecule has 0 aliphatic rings. The fraction of sp³-hybridized carbons (Fsp3) is 0.533. The Hall–Kier alpha value is -2.09. The summed E-state index contributed by atoms with van der Waals surface area (Å²) in [6, 6.07) is 5.10. The molecule has 5 nitrogen and oxygen atoms in total.